The molecule has 0 spiro atoms. The van der Waals surface area contributed by atoms with Gasteiger partial charge in [0.15, 0.2) is 0 Å². The van der Waals surface area contributed by atoms with Gasteiger partial charge in [-0.25, -0.2) is 0 Å². The summed E-state index contributed by atoms with van der Waals surface area (Å²) in [5, 5.41) is 3.49. The van der Waals surface area contributed by atoms with E-state index in [9.17, 15) is 0 Å². The van der Waals surface area contributed by atoms with Gasteiger partial charge >= 0.3 is 0 Å². The second-order valence-corrected chi connectivity index (χ2v) is 6.55. The van der Waals surface area contributed by atoms with Crippen LogP contribution in [0.3, 0.4) is 0 Å². The Balaban J connectivity index is 1.83. The molecule has 1 aliphatic carbocycles. The van der Waals surface area contributed by atoms with E-state index in [4.69, 9.17) is 4.74 Å². The number of benzene rings is 1. The molecule has 1 aromatic carbocycles. The quantitative estimate of drug-likeness (QED) is 0.748. The van der Waals surface area contributed by atoms with Crippen molar-refractivity contribution in [1.29, 1.82) is 0 Å². The summed E-state index contributed by atoms with van der Waals surface area (Å²) < 4.78 is 6.20. The average molecular weight is 289 g/mol. The second kappa shape index (κ2) is 9.22. The van der Waals surface area contributed by atoms with Crippen LogP contribution in [0.15, 0.2) is 24.3 Å². The predicted octanol–water partition coefficient (Wildman–Crippen LogP) is 4.47. The lowest BCUT2D eigenvalue weighted by Gasteiger charge is -2.17. The first kappa shape index (κ1) is 16.5. The largest absolute Gasteiger partial charge is 0.374 e. The Labute approximate surface area is 130 Å². The molecular weight excluding hydrogens is 258 g/mol. The van der Waals surface area contributed by atoms with Crippen LogP contribution in [0.4, 0.5) is 0 Å². The second-order valence-electron chi connectivity index (χ2n) is 6.55. The van der Waals surface area contributed by atoms with E-state index in [1.807, 2.05) is 0 Å². The van der Waals surface area contributed by atoms with Crippen LogP contribution in [-0.2, 0) is 17.8 Å². The maximum atomic E-state index is 6.20. The Morgan fingerprint density at radius 2 is 1.71 bits per heavy atom. The van der Waals surface area contributed by atoms with E-state index in [0.29, 0.717) is 12.1 Å². The third-order valence-electron chi connectivity index (χ3n) is 4.34. The molecule has 0 aliphatic heterocycles. The SMILES string of the molecule is CC(C)NCCc1ccccc1COC1CCCCCC1. The van der Waals surface area contributed by atoms with E-state index in [0.717, 1.165) is 19.6 Å². The zero-order valence-electron chi connectivity index (χ0n) is 13.7. The summed E-state index contributed by atoms with van der Waals surface area (Å²) in [7, 11) is 0. The van der Waals surface area contributed by atoms with Crippen LogP contribution in [0, 0.1) is 0 Å². The third kappa shape index (κ3) is 6.19. The smallest absolute Gasteiger partial charge is 0.0723 e. The summed E-state index contributed by atoms with van der Waals surface area (Å²) in [4.78, 5) is 0. The van der Waals surface area contributed by atoms with Crippen molar-refractivity contribution in [3.05, 3.63) is 35.4 Å². The van der Waals surface area contributed by atoms with E-state index in [1.54, 1.807) is 0 Å². The van der Waals surface area contributed by atoms with Crippen molar-refractivity contribution in [3.63, 3.8) is 0 Å². The highest BCUT2D eigenvalue weighted by atomic mass is 16.5. The van der Waals surface area contributed by atoms with Gasteiger partial charge in [0, 0.05) is 6.04 Å². The highest BCUT2D eigenvalue weighted by Crippen LogP contribution is 2.21. The zero-order chi connectivity index (χ0) is 14.9. The molecule has 0 unspecified atom stereocenters. The van der Waals surface area contributed by atoms with Gasteiger partial charge in [0.25, 0.3) is 0 Å². The molecular formula is C19H31NO. The molecule has 1 aromatic rings. The van der Waals surface area contributed by atoms with Crippen molar-refractivity contribution in [2.45, 2.75) is 77.5 Å². The van der Waals surface area contributed by atoms with E-state index in [1.165, 1.54) is 49.7 Å². The standard InChI is InChI=1S/C19H31NO/c1-16(2)20-14-13-17-9-7-8-10-18(17)15-21-19-11-5-3-4-6-12-19/h7-10,16,19-20H,3-6,11-15H2,1-2H3. The van der Waals surface area contributed by atoms with E-state index in [-0.39, 0.29) is 0 Å². The number of rotatable bonds is 7. The zero-order valence-corrected chi connectivity index (χ0v) is 13.7. The van der Waals surface area contributed by atoms with Crippen molar-refractivity contribution < 1.29 is 4.74 Å². The predicted molar refractivity (Wildman–Crippen MR) is 89.6 cm³/mol. The maximum Gasteiger partial charge on any atom is 0.0723 e. The molecule has 0 bridgehead atoms. The summed E-state index contributed by atoms with van der Waals surface area (Å²) in [5.74, 6) is 0. The van der Waals surface area contributed by atoms with Crippen molar-refractivity contribution in [1.82, 2.24) is 5.32 Å². The fourth-order valence-corrected chi connectivity index (χ4v) is 3.05. The van der Waals surface area contributed by atoms with Crippen LogP contribution in [-0.4, -0.2) is 18.7 Å². The van der Waals surface area contributed by atoms with Gasteiger partial charge < -0.3 is 10.1 Å². The van der Waals surface area contributed by atoms with Crippen LogP contribution in [0.5, 0.6) is 0 Å². The summed E-state index contributed by atoms with van der Waals surface area (Å²) in [5.41, 5.74) is 2.80. The van der Waals surface area contributed by atoms with Crippen molar-refractivity contribution >= 4 is 0 Å². The molecule has 1 N–H and O–H groups in total. The van der Waals surface area contributed by atoms with Crippen molar-refractivity contribution in [3.8, 4) is 0 Å². The molecule has 0 saturated heterocycles. The Morgan fingerprint density at radius 1 is 1.05 bits per heavy atom. The molecule has 2 heteroatoms. The highest BCUT2D eigenvalue weighted by molar-refractivity contribution is 5.26. The molecule has 1 aliphatic rings. The Bertz CT molecular complexity index is 394. The molecule has 0 heterocycles. The first-order valence-corrected chi connectivity index (χ1v) is 8.67. The Kier molecular flexibility index (Phi) is 7.25. The van der Waals surface area contributed by atoms with Gasteiger partial charge in [-0.1, -0.05) is 63.8 Å². The van der Waals surface area contributed by atoms with E-state index >= 15 is 0 Å². The Morgan fingerprint density at radius 3 is 2.38 bits per heavy atom. The summed E-state index contributed by atoms with van der Waals surface area (Å²) in [6.45, 7) is 6.21. The fourth-order valence-electron chi connectivity index (χ4n) is 3.05. The molecule has 0 radical (unpaired) electrons. The lowest BCUT2D eigenvalue weighted by molar-refractivity contribution is 0.0306. The summed E-state index contributed by atoms with van der Waals surface area (Å²) in [6, 6.07) is 9.29. The van der Waals surface area contributed by atoms with Gasteiger partial charge in [-0.2, -0.15) is 0 Å². The van der Waals surface area contributed by atoms with Gasteiger partial charge in [0.2, 0.25) is 0 Å². The molecule has 2 rings (SSSR count). The van der Waals surface area contributed by atoms with Crippen molar-refractivity contribution in [2.24, 2.45) is 0 Å². The van der Waals surface area contributed by atoms with Crippen molar-refractivity contribution in [2.75, 3.05) is 6.54 Å². The average Bonchev–Trinajstić information content (AvgIpc) is 2.74. The van der Waals surface area contributed by atoms with Crippen LogP contribution in [0.2, 0.25) is 0 Å². The normalized spacial score (nSPS) is 17.1. The van der Waals surface area contributed by atoms with E-state index < -0.39 is 0 Å². The minimum atomic E-state index is 0.481. The lowest BCUT2D eigenvalue weighted by Crippen LogP contribution is -2.25. The summed E-state index contributed by atoms with van der Waals surface area (Å²) >= 11 is 0. The molecule has 0 amide bonds. The fraction of sp³-hybridized carbons (Fsp3) is 0.684. The Hall–Kier alpha value is -0.860. The van der Waals surface area contributed by atoms with Gasteiger partial charge in [-0.3, -0.25) is 0 Å². The first-order chi connectivity index (χ1) is 10.3. The molecule has 1 saturated carbocycles. The van der Waals surface area contributed by atoms with E-state index in [2.05, 4.69) is 43.4 Å². The van der Waals surface area contributed by atoms with Gasteiger partial charge in [-0.05, 0) is 36.9 Å². The molecule has 0 atom stereocenters. The molecule has 1 fully saturated rings. The number of hydrogen-bond acceptors (Lipinski definition) is 2. The molecule has 21 heavy (non-hydrogen) atoms. The minimum absolute atomic E-state index is 0.481. The highest BCUT2D eigenvalue weighted by Gasteiger charge is 2.13. The van der Waals surface area contributed by atoms with Crippen LogP contribution >= 0.6 is 0 Å². The summed E-state index contributed by atoms with van der Waals surface area (Å²) in [6.07, 6.45) is 9.51. The lowest BCUT2D eigenvalue weighted by atomic mass is 10.0. The number of ether oxygens (including phenoxy) is 1. The van der Waals surface area contributed by atoms with Gasteiger partial charge in [0.1, 0.15) is 0 Å². The first-order valence-electron chi connectivity index (χ1n) is 8.67. The maximum absolute atomic E-state index is 6.20. The third-order valence-corrected chi connectivity index (χ3v) is 4.34. The van der Waals surface area contributed by atoms with Gasteiger partial charge in [-0.15, -0.1) is 0 Å². The van der Waals surface area contributed by atoms with Crippen LogP contribution in [0.25, 0.3) is 0 Å². The topological polar surface area (TPSA) is 21.3 Å². The van der Waals surface area contributed by atoms with Crippen LogP contribution in [0.1, 0.15) is 63.5 Å². The number of hydrogen-bond donors (Lipinski definition) is 1. The van der Waals surface area contributed by atoms with Gasteiger partial charge in [0.05, 0.1) is 12.7 Å². The monoisotopic (exact) mass is 289 g/mol. The minimum Gasteiger partial charge on any atom is -0.374 e. The molecule has 118 valence electrons. The molecule has 0 aromatic heterocycles. The molecule has 2 nitrogen and oxygen atoms in total. The number of nitrogens with one attached hydrogen (secondary N) is 1. The van der Waals surface area contributed by atoms with Crippen LogP contribution < -0.4 is 5.32 Å².